The third-order valence-corrected chi connectivity index (χ3v) is 2.94. The van der Waals surface area contributed by atoms with Gasteiger partial charge in [0.2, 0.25) is 11.8 Å². The number of halogens is 3. The highest BCUT2D eigenvalue weighted by Gasteiger charge is 2.27. The van der Waals surface area contributed by atoms with Gasteiger partial charge in [0.15, 0.2) is 0 Å². The molecule has 0 aliphatic rings. The summed E-state index contributed by atoms with van der Waals surface area (Å²) in [5.41, 5.74) is 0. The fraction of sp³-hybridized carbons (Fsp3) is 0.700. The van der Waals surface area contributed by atoms with Gasteiger partial charge in [0, 0.05) is 6.92 Å². The Bertz CT molecular complexity index is 363. The SMILES string of the molecule is CC(=O)NC(CCSCC(=O)NCC(F)(F)F)C(=O)O. The molecule has 1 unspecified atom stereocenters. The summed E-state index contributed by atoms with van der Waals surface area (Å²) in [6.45, 7) is -0.219. The van der Waals surface area contributed by atoms with E-state index in [1.807, 2.05) is 0 Å². The van der Waals surface area contributed by atoms with Gasteiger partial charge in [0.05, 0.1) is 5.75 Å². The van der Waals surface area contributed by atoms with Crippen LogP contribution >= 0.6 is 11.8 Å². The number of amides is 2. The summed E-state index contributed by atoms with van der Waals surface area (Å²) >= 11 is 0.991. The molecule has 0 aromatic rings. The van der Waals surface area contributed by atoms with Gasteiger partial charge in [-0.1, -0.05) is 0 Å². The number of carbonyl (C=O) groups is 3. The average molecular weight is 316 g/mol. The predicted molar refractivity (Wildman–Crippen MR) is 66.2 cm³/mol. The van der Waals surface area contributed by atoms with Crippen molar-refractivity contribution in [2.75, 3.05) is 18.1 Å². The van der Waals surface area contributed by atoms with Gasteiger partial charge in [0.1, 0.15) is 12.6 Å². The summed E-state index contributed by atoms with van der Waals surface area (Å²) in [5, 5.41) is 12.7. The highest BCUT2D eigenvalue weighted by molar-refractivity contribution is 7.99. The molecule has 3 N–H and O–H groups in total. The van der Waals surface area contributed by atoms with Crippen LogP contribution in [0.5, 0.6) is 0 Å². The molecule has 0 rings (SSSR count). The van der Waals surface area contributed by atoms with Crippen LogP contribution in [0.15, 0.2) is 0 Å². The minimum Gasteiger partial charge on any atom is -0.480 e. The first-order valence-electron chi connectivity index (χ1n) is 5.53. The van der Waals surface area contributed by atoms with Crippen molar-refractivity contribution in [2.45, 2.75) is 25.6 Å². The number of hydrogen-bond donors (Lipinski definition) is 3. The van der Waals surface area contributed by atoms with Crippen molar-refractivity contribution in [2.24, 2.45) is 0 Å². The maximum Gasteiger partial charge on any atom is 0.405 e. The Labute approximate surface area is 117 Å². The normalized spacial score (nSPS) is 12.6. The van der Waals surface area contributed by atoms with Gasteiger partial charge in [-0.15, -0.1) is 0 Å². The number of thioether (sulfide) groups is 1. The van der Waals surface area contributed by atoms with Crippen molar-refractivity contribution in [1.29, 1.82) is 0 Å². The van der Waals surface area contributed by atoms with Crippen LogP contribution in [0.25, 0.3) is 0 Å². The van der Waals surface area contributed by atoms with Crippen molar-refractivity contribution in [3.8, 4) is 0 Å². The predicted octanol–water partition coefficient (Wildman–Crippen LogP) is 0.377. The van der Waals surface area contributed by atoms with Gasteiger partial charge >= 0.3 is 12.1 Å². The van der Waals surface area contributed by atoms with Crippen LogP contribution in [0.3, 0.4) is 0 Å². The van der Waals surface area contributed by atoms with Crippen LogP contribution in [0.4, 0.5) is 13.2 Å². The molecule has 0 bridgehead atoms. The molecule has 0 spiro atoms. The molecule has 116 valence electrons. The summed E-state index contributed by atoms with van der Waals surface area (Å²) in [5.74, 6) is -2.47. The van der Waals surface area contributed by atoms with Crippen molar-refractivity contribution in [1.82, 2.24) is 10.6 Å². The molecule has 0 radical (unpaired) electrons. The smallest absolute Gasteiger partial charge is 0.405 e. The summed E-state index contributed by atoms with van der Waals surface area (Å²) in [6, 6.07) is -1.07. The van der Waals surface area contributed by atoms with Crippen LogP contribution in [-0.2, 0) is 14.4 Å². The Morgan fingerprint density at radius 1 is 1.30 bits per heavy atom. The van der Waals surface area contributed by atoms with E-state index in [-0.39, 0.29) is 17.9 Å². The number of alkyl halides is 3. The van der Waals surface area contributed by atoms with Crippen LogP contribution < -0.4 is 10.6 Å². The molecule has 0 aromatic heterocycles. The van der Waals surface area contributed by atoms with E-state index in [1.54, 1.807) is 5.32 Å². The Morgan fingerprint density at radius 3 is 2.35 bits per heavy atom. The largest absolute Gasteiger partial charge is 0.480 e. The fourth-order valence-corrected chi connectivity index (χ4v) is 1.95. The van der Waals surface area contributed by atoms with Gasteiger partial charge in [-0.25, -0.2) is 4.79 Å². The van der Waals surface area contributed by atoms with Crippen LogP contribution in [0.1, 0.15) is 13.3 Å². The van der Waals surface area contributed by atoms with Crippen LogP contribution in [-0.4, -0.2) is 53.2 Å². The molecule has 0 heterocycles. The lowest BCUT2D eigenvalue weighted by molar-refractivity contribution is -0.141. The zero-order valence-corrected chi connectivity index (χ0v) is 11.4. The van der Waals surface area contributed by atoms with Gasteiger partial charge in [-0.3, -0.25) is 9.59 Å². The lowest BCUT2D eigenvalue weighted by Crippen LogP contribution is -2.40. The Balaban J connectivity index is 3.85. The van der Waals surface area contributed by atoms with Crippen molar-refractivity contribution < 1.29 is 32.7 Å². The van der Waals surface area contributed by atoms with E-state index in [1.165, 1.54) is 6.92 Å². The molecule has 0 saturated carbocycles. The second-order valence-corrected chi connectivity index (χ2v) is 4.93. The monoisotopic (exact) mass is 316 g/mol. The Kier molecular flexibility index (Phi) is 8.04. The molecule has 0 aliphatic carbocycles. The molecule has 20 heavy (non-hydrogen) atoms. The standard InChI is InChI=1S/C10H15F3N2O4S/c1-6(16)15-7(9(18)19)2-3-20-4-8(17)14-5-10(11,12)13/h7H,2-5H2,1H3,(H,14,17)(H,15,16)(H,18,19). The summed E-state index contributed by atoms with van der Waals surface area (Å²) < 4.78 is 35.4. The molecule has 10 heteroatoms. The maximum absolute atomic E-state index is 11.8. The minimum absolute atomic E-state index is 0.0755. The maximum atomic E-state index is 11.8. The molecule has 6 nitrogen and oxygen atoms in total. The number of carboxylic acids is 1. The third-order valence-electron chi connectivity index (χ3n) is 1.95. The van der Waals surface area contributed by atoms with E-state index >= 15 is 0 Å². The zero-order chi connectivity index (χ0) is 15.8. The van der Waals surface area contributed by atoms with Crippen molar-refractivity contribution in [3.05, 3.63) is 0 Å². The summed E-state index contributed by atoms with van der Waals surface area (Å²) in [7, 11) is 0. The van der Waals surface area contributed by atoms with Crippen LogP contribution in [0.2, 0.25) is 0 Å². The molecule has 0 saturated heterocycles. The van der Waals surface area contributed by atoms with E-state index < -0.39 is 36.5 Å². The second-order valence-electron chi connectivity index (χ2n) is 3.82. The van der Waals surface area contributed by atoms with Gasteiger partial charge in [0.25, 0.3) is 0 Å². The molecule has 0 aromatic carbocycles. The van der Waals surface area contributed by atoms with Gasteiger partial charge in [-0.2, -0.15) is 24.9 Å². The second kappa shape index (κ2) is 8.67. The van der Waals surface area contributed by atoms with E-state index in [0.29, 0.717) is 0 Å². The van der Waals surface area contributed by atoms with Crippen LogP contribution in [0, 0.1) is 0 Å². The van der Waals surface area contributed by atoms with E-state index in [0.717, 1.165) is 11.8 Å². The van der Waals surface area contributed by atoms with Crippen molar-refractivity contribution in [3.63, 3.8) is 0 Å². The molecular formula is C10H15F3N2O4S. The Morgan fingerprint density at radius 2 is 1.90 bits per heavy atom. The van der Waals surface area contributed by atoms with Gasteiger partial charge in [-0.05, 0) is 12.2 Å². The zero-order valence-electron chi connectivity index (χ0n) is 10.6. The highest BCUT2D eigenvalue weighted by atomic mass is 32.2. The number of carboxylic acid groups (broad SMARTS) is 1. The minimum atomic E-state index is -4.46. The number of hydrogen-bond acceptors (Lipinski definition) is 4. The highest BCUT2D eigenvalue weighted by Crippen LogP contribution is 2.12. The van der Waals surface area contributed by atoms with E-state index in [4.69, 9.17) is 5.11 Å². The number of carbonyl (C=O) groups excluding carboxylic acids is 2. The fourth-order valence-electron chi connectivity index (χ4n) is 1.12. The van der Waals surface area contributed by atoms with E-state index in [9.17, 15) is 27.6 Å². The summed E-state index contributed by atoms with van der Waals surface area (Å²) in [4.78, 5) is 32.5. The number of aliphatic carboxylic acids is 1. The lowest BCUT2D eigenvalue weighted by atomic mass is 10.2. The molecule has 0 aliphatic heterocycles. The Hall–Kier alpha value is -1.45. The molecular weight excluding hydrogens is 301 g/mol. The number of nitrogens with one attached hydrogen (secondary N) is 2. The molecule has 0 fully saturated rings. The average Bonchev–Trinajstić information content (AvgIpc) is 2.28. The topological polar surface area (TPSA) is 95.5 Å². The van der Waals surface area contributed by atoms with E-state index in [2.05, 4.69) is 5.32 Å². The molecule has 2 amide bonds. The third kappa shape index (κ3) is 10.5. The first-order valence-corrected chi connectivity index (χ1v) is 6.68. The first kappa shape index (κ1) is 18.6. The molecule has 1 atom stereocenters. The van der Waals surface area contributed by atoms with Gasteiger partial charge < -0.3 is 15.7 Å². The quantitative estimate of drug-likeness (QED) is 0.563. The lowest BCUT2D eigenvalue weighted by Gasteiger charge is -2.12. The first-order chi connectivity index (χ1) is 9.11. The van der Waals surface area contributed by atoms with Crippen molar-refractivity contribution >= 4 is 29.5 Å². The summed E-state index contributed by atoms with van der Waals surface area (Å²) in [6.07, 6.45) is -4.38. The number of rotatable bonds is 8.